The fourth-order valence-electron chi connectivity index (χ4n) is 1.24. The lowest BCUT2D eigenvalue weighted by atomic mass is 10.2. The molecule has 0 atom stereocenters. The van der Waals surface area contributed by atoms with Crippen LogP contribution in [0.15, 0.2) is 0 Å². The summed E-state index contributed by atoms with van der Waals surface area (Å²) in [6.07, 6.45) is 6.12. The predicted octanol–water partition coefficient (Wildman–Crippen LogP) is 1.56. The zero-order chi connectivity index (χ0) is 10.5. The van der Waals surface area contributed by atoms with Gasteiger partial charge in [-0.25, -0.2) is 0 Å². The Balaban J connectivity index is 2.78. The number of ether oxygens (including phenoxy) is 1. The zero-order valence-corrected chi connectivity index (χ0v) is 9.43. The van der Waals surface area contributed by atoms with Crippen molar-refractivity contribution in [1.29, 1.82) is 0 Å². The van der Waals surface area contributed by atoms with Crippen molar-refractivity contribution < 1.29 is 9.84 Å². The average Bonchev–Trinajstić information content (AvgIpc) is 2.21. The molecule has 0 aliphatic carbocycles. The van der Waals surface area contributed by atoms with Crippen LogP contribution in [-0.2, 0) is 4.74 Å². The quantitative estimate of drug-likeness (QED) is 0.501. The van der Waals surface area contributed by atoms with Crippen molar-refractivity contribution in [3.05, 3.63) is 0 Å². The minimum Gasteiger partial charge on any atom is -0.395 e. The number of hydrogen-bond donors (Lipinski definition) is 2. The molecule has 3 nitrogen and oxygen atoms in total. The number of aliphatic hydroxyl groups is 1. The van der Waals surface area contributed by atoms with Crippen molar-refractivity contribution in [3.8, 4) is 0 Å². The van der Waals surface area contributed by atoms with Crippen LogP contribution in [-0.4, -0.2) is 38.0 Å². The van der Waals surface area contributed by atoms with Gasteiger partial charge in [-0.15, -0.1) is 0 Å². The SMILES string of the molecule is CCCCCCOCCCNCCO. The minimum atomic E-state index is 0.220. The molecule has 0 rings (SSSR count). The molecule has 0 bridgehead atoms. The molecule has 0 heterocycles. The Hall–Kier alpha value is -0.120. The summed E-state index contributed by atoms with van der Waals surface area (Å²) in [4.78, 5) is 0. The fourth-order valence-corrected chi connectivity index (χ4v) is 1.24. The van der Waals surface area contributed by atoms with Gasteiger partial charge in [0.1, 0.15) is 0 Å². The van der Waals surface area contributed by atoms with Gasteiger partial charge < -0.3 is 15.2 Å². The summed E-state index contributed by atoms with van der Waals surface area (Å²) in [5, 5.41) is 11.6. The second-order valence-electron chi connectivity index (χ2n) is 3.50. The Kier molecular flexibility index (Phi) is 12.8. The van der Waals surface area contributed by atoms with Gasteiger partial charge in [0.25, 0.3) is 0 Å². The molecule has 3 heteroatoms. The maximum atomic E-state index is 8.50. The number of hydrogen-bond acceptors (Lipinski definition) is 3. The zero-order valence-electron chi connectivity index (χ0n) is 9.43. The van der Waals surface area contributed by atoms with Gasteiger partial charge in [0.2, 0.25) is 0 Å². The maximum absolute atomic E-state index is 8.50. The minimum absolute atomic E-state index is 0.220. The third-order valence-corrected chi connectivity index (χ3v) is 2.07. The summed E-state index contributed by atoms with van der Waals surface area (Å²) < 4.78 is 5.46. The van der Waals surface area contributed by atoms with Crippen molar-refractivity contribution in [2.24, 2.45) is 0 Å². The molecule has 0 amide bonds. The highest BCUT2D eigenvalue weighted by Gasteiger charge is 1.90. The highest BCUT2D eigenvalue weighted by atomic mass is 16.5. The van der Waals surface area contributed by atoms with Crippen LogP contribution in [0.4, 0.5) is 0 Å². The Morgan fingerprint density at radius 2 is 1.79 bits per heavy atom. The lowest BCUT2D eigenvalue weighted by molar-refractivity contribution is 0.127. The van der Waals surface area contributed by atoms with E-state index in [4.69, 9.17) is 9.84 Å². The van der Waals surface area contributed by atoms with Crippen LogP contribution in [0, 0.1) is 0 Å². The largest absolute Gasteiger partial charge is 0.395 e. The van der Waals surface area contributed by atoms with E-state index >= 15 is 0 Å². The summed E-state index contributed by atoms with van der Waals surface area (Å²) in [6, 6.07) is 0. The van der Waals surface area contributed by atoms with Gasteiger partial charge >= 0.3 is 0 Å². The third kappa shape index (κ3) is 11.9. The molecule has 0 spiro atoms. The van der Waals surface area contributed by atoms with Crippen LogP contribution in [0.25, 0.3) is 0 Å². The van der Waals surface area contributed by atoms with Gasteiger partial charge in [0.05, 0.1) is 6.61 Å². The van der Waals surface area contributed by atoms with Crippen LogP contribution in [0.5, 0.6) is 0 Å². The van der Waals surface area contributed by atoms with E-state index in [1.807, 2.05) is 0 Å². The monoisotopic (exact) mass is 203 g/mol. The topological polar surface area (TPSA) is 41.5 Å². The van der Waals surface area contributed by atoms with Gasteiger partial charge in [0, 0.05) is 19.8 Å². The molecular weight excluding hydrogens is 178 g/mol. The van der Waals surface area contributed by atoms with E-state index in [0.29, 0.717) is 6.54 Å². The van der Waals surface area contributed by atoms with Crippen LogP contribution in [0.2, 0.25) is 0 Å². The molecule has 0 aliphatic rings. The maximum Gasteiger partial charge on any atom is 0.0555 e. The molecule has 0 aromatic rings. The average molecular weight is 203 g/mol. The molecule has 0 aliphatic heterocycles. The summed E-state index contributed by atoms with van der Waals surface area (Å²) in [5.41, 5.74) is 0. The van der Waals surface area contributed by atoms with Crippen molar-refractivity contribution in [3.63, 3.8) is 0 Å². The van der Waals surface area contributed by atoms with E-state index in [9.17, 15) is 0 Å². The van der Waals surface area contributed by atoms with Gasteiger partial charge in [0.15, 0.2) is 0 Å². The summed E-state index contributed by atoms with van der Waals surface area (Å²) in [5.74, 6) is 0. The molecule has 0 aromatic carbocycles. The van der Waals surface area contributed by atoms with E-state index in [2.05, 4.69) is 12.2 Å². The first-order valence-electron chi connectivity index (χ1n) is 5.81. The standard InChI is InChI=1S/C11H25NO2/c1-2-3-4-5-10-14-11-6-7-12-8-9-13/h12-13H,2-11H2,1H3. The lowest BCUT2D eigenvalue weighted by Crippen LogP contribution is -2.20. The molecule has 0 saturated heterocycles. The number of unbranched alkanes of at least 4 members (excludes halogenated alkanes) is 3. The van der Waals surface area contributed by atoms with Crippen molar-refractivity contribution in [2.45, 2.75) is 39.0 Å². The molecule has 0 radical (unpaired) electrons. The molecular formula is C11H25NO2. The third-order valence-electron chi connectivity index (χ3n) is 2.07. The molecule has 0 fully saturated rings. The molecule has 0 saturated carbocycles. The van der Waals surface area contributed by atoms with E-state index < -0.39 is 0 Å². The van der Waals surface area contributed by atoms with E-state index in [1.54, 1.807) is 0 Å². The number of aliphatic hydroxyl groups excluding tert-OH is 1. The normalized spacial score (nSPS) is 10.7. The van der Waals surface area contributed by atoms with Gasteiger partial charge in [-0.1, -0.05) is 26.2 Å². The van der Waals surface area contributed by atoms with Gasteiger partial charge in [-0.05, 0) is 19.4 Å². The Bertz CT molecular complexity index is 87.3. The summed E-state index contributed by atoms with van der Waals surface area (Å²) >= 11 is 0. The first kappa shape index (κ1) is 13.9. The Morgan fingerprint density at radius 1 is 1.00 bits per heavy atom. The predicted molar refractivity (Wildman–Crippen MR) is 59.5 cm³/mol. The van der Waals surface area contributed by atoms with E-state index in [-0.39, 0.29) is 6.61 Å². The molecule has 14 heavy (non-hydrogen) atoms. The van der Waals surface area contributed by atoms with Gasteiger partial charge in [-0.3, -0.25) is 0 Å². The van der Waals surface area contributed by atoms with Crippen molar-refractivity contribution in [2.75, 3.05) is 32.9 Å². The first-order valence-corrected chi connectivity index (χ1v) is 5.81. The van der Waals surface area contributed by atoms with E-state index in [1.165, 1.54) is 25.7 Å². The molecule has 86 valence electrons. The highest BCUT2D eigenvalue weighted by molar-refractivity contribution is 4.45. The molecule has 0 unspecified atom stereocenters. The lowest BCUT2D eigenvalue weighted by Gasteiger charge is -2.04. The van der Waals surface area contributed by atoms with Crippen molar-refractivity contribution in [1.82, 2.24) is 5.32 Å². The molecule has 0 aromatic heterocycles. The molecule has 2 N–H and O–H groups in total. The van der Waals surface area contributed by atoms with Crippen molar-refractivity contribution >= 4 is 0 Å². The highest BCUT2D eigenvalue weighted by Crippen LogP contribution is 1.98. The van der Waals surface area contributed by atoms with Crippen LogP contribution >= 0.6 is 0 Å². The first-order chi connectivity index (χ1) is 6.91. The van der Waals surface area contributed by atoms with Crippen LogP contribution < -0.4 is 5.32 Å². The second-order valence-corrected chi connectivity index (χ2v) is 3.50. The van der Waals surface area contributed by atoms with Crippen LogP contribution in [0.1, 0.15) is 39.0 Å². The number of nitrogens with one attached hydrogen (secondary N) is 1. The van der Waals surface area contributed by atoms with Crippen LogP contribution in [0.3, 0.4) is 0 Å². The van der Waals surface area contributed by atoms with E-state index in [0.717, 1.165) is 26.2 Å². The summed E-state index contributed by atoms with van der Waals surface area (Å²) in [6.45, 7) is 5.81. The Labute approximate surface area is 87.8 Å². The second kappa shape index (κ2) is 12.9. The smallest absolute Gasteiger partial charge is 0.0555 e. The fraction of sp³-hybridized carbons (Fsp3) is 1.00. The Morgan fingerprint density at radius 3 is 2.50 bits per heavy atom. The van der Waals surface area contributed by atoms with Gasteiger partial charge in [-0.2, -0.15) is 0 Å². The summed E-state index contributed by atoms with van der Waals surface area (Å²) in [7, 11) is 0. The number of rotatable bonds is 11.